The van der Waals surface area contributed by atoms with Crippen molar-refractivity contribution in [1.82, 2.24) is 0 Å². The number of hydrogen-bond donors (Lipinski definition) is 0. The number of rotatable bonds is 4. The predicted octanol–water partition coefficient (Wildman–Crippen LogP) is 8.36. The molecule has 4 nitrogen and oxygen atoms in total. The second-order valence-corrected chi connectivity index (χ2v) is 9.61. The summed E-state index contributed by atoms with van der Waals surface area (Å²) in [6.07, 6.45) is 7.10. The average Bonchev–Trinajstić information content (AvgIpc) is 3.55. The Morgan fingerprint density at radius 1 is 0.812 bits per heavy atom. The SMILES string of the molecule is C1CCOC1.C1CCOC1.CC(/C=C(/C)[N-]c1ccccc1)=Nc1ccccc1.[Cl][Ti][Cl]. The molecule has 32 heavy (non-hydrogen) atoms. The molecule has 0 aliphatic carbocycles. The fourth-order valence-corrected chi connectivity index (χ4v) is 2.80. The molecule has 0 unspecified atom stereocenters. The number of para-hydroxylation sites is 2. The van der Waals surface area contributed by atoms with E-state index in [1.54, 1.807) is 0 Å². The summed E-state index contributed by atoms with van der Waals surface area (Å²) in [6, 6.07) is 19.9. The second kappa shape index (κ2) is 20.5. The number of aliphatic imine (C=N–C) groups is 1. The first kappa shape index (κ1) is 28.9. The van der Waals surface area contributed by atoms with Gasteiger partial charge in [0.05, 0.1) is 5.69 Å². The maximum absolute atomic E-state index is 4.94. The standard InChI is InChI=1S/C17H17N2.2C4H8O.2ClH.Ti/c1-14(18-16-9-5-3-6-10-16)13-15(2)19-17-11-7-4-8-12-17;2*1-2-4-5-3-1;;;/h3-13H,1-2H3;2*1-4H2;2*1H;/q-1;;;;;+2/p-2/b14-13-,19-15?;;;;;. The van der Waals surface area contributed by atoms with Crippen LogP contribution in [0.5, 0.6) is 0 Å². The predicted molar refractivity (Wildman–Crippen MR) is 134 cm³/mol. The van der Waals surface area contributed by atoms with E-state index in [4.69, 9.17) is 28.1 Å². The van der Waals surface area contributed by atoms with Crippen molar-refractivity contribution in [3.05, 3.63) is 77.8 Å². The molecule has 0 radical (unpaired) electrons. The summed E-state index contributed by atoms with van der Waals surface area (Å²) in [4.78, 5) is 4.52. The molecule has 2 fully saturated rings. The zero-order valence-electron chi connectivity index (χ0n) is 19.0. The van der Waals surface area contributed by atoms with Gasteiger partial charge in [-0.2, -0.15) is 5.70 Å². The van der Waals surface area contributed by atoms with Gasteiger partial charge in [0.25, 0.3) is 0 Å². The molecular weight excluding hydrogens is 479 g/mol. The van der Waals surface area contributed by atoms with Gasteiger partial charge in [0, 0.05) is 32.1 Å². The van der Waals surface area contributed by atoms with E-state index in [1.165, 1.54) is 25.7 Å². The minimum atomic E-state index is -0.556. The van der Waals surface area contributed by atoms with E-state index in [1.807, 2.05) is 80.6 Å². The Balaban J connectivity index is 0.000000316. The van der Waals surface area contributed by atoms with Gasteiger partial charge in [-0.25, -0.2) is 0 Å². The molecule has 4 rings (SSSR count). The first-order valence-corrected chi connectivity index (χ1v) is 15.1. The molecule has 0 amide bonds. The molecule has 2 aromatic carbocycles. The van der Waals surface area contributed by atoms with E-state index >= 15 is 0 Å². The Morgan fingerprint density at radius 3 is 1.66 bits per heavy atom. The van der Waals surface area contributed by atoms with Crippen molar-refractivity contribution in [2.24, 2.45) is 4.99 Å². The number of allylic oxidation sites excluding steroid dienone is 2. The van der Waals surface area contributed by atoms with Crippen LogP contribution < -0.4 is 0 Å². The van der Waals surface area contributed by atoms with Gasteiger partial charge in [0.1, 0.15) is 0 Å². The summed E-state index contributed by atoms with van der Waals surface area (Å²) < 4.78 is 9.89. The van der Waals surface area contributed by atoms with Gasteiger partial charge >= 0.3 is 35.6 Å². The van der Waals surface area contributed by atoms with E-state index in [0.717, 1.165) is 49.2 Å². The van der Waals surface area contributed by atoms with Crippen molar-refractivity contribution in [2.45, 2.75) is 39.5 Å². The summed E-state index contributed by atoms with van der Waals surface area (Å²) >= 11 is -0.556. The molecule has 2 aliphatic rings. The molecule has 2 aliphatic heterocycles. The van der Waals surface area contributed by atoms with Crippen LogP contribution in [0.2, 0.25) is 0 Å². The van der Waals surface area contributed by atoms with Crippen LogP contribution in [0.3, 0.4) is 0 Å². The molecule has 0 saturated carbocycles. The molecule has 2 saturated heterocycles. The topological polar surface area (TPSA) is 44.9 Å². The van der Waals surface area contributed by atoms with Gasteiger partial charge < -0.3 is 14.8 Å². The zero-order valence-corrected chi connectivity index (χ0v) is 22.0. The average molecular weight is 512 g/mol. The van der Waals surface area contributed by atoms with Gasteiger partial charge in [-0.05, 0) is 44.7 Å². The number of benzene rings is 2. The molecule has 7 heteroatoms. The fourth-order valence-electron chi connectivity index (χ4n) is 2.80. The Bertz CT molecular complexity index is 726. The third kappa shape index (κ3) is 16.5. The Hall–Kier alpha value is -1.14. The summed E-state index contributed by atoms with van der Waals surface area (Å²) in [6.45, 7) is 7.97. The van der Waals surface area contributed by atoms with Crippen molar-refractivity contribution in [3.63, 3.8) is 0 Å². The van der Waals surface area contributed by atoms with Crippen molar-refractivity contribution >= 4 is 35.7 Å². The molecule has 2 aromatic rings. The first-order valence-electron chi connectivity index (χ1n) is 10.8. The van der Waals surface area contributed by atoms with Crippen LogP contribution in [0.1, 0.15) is 39.5 Å². The normalized spacial score (nSPS) is 15.2. The van der Waals surface area contributed by atoms with Crippen molar-refractivity contribution < 1.29 is 26.5 Å². The van der Waals surface area contributed by atoms with Crippen LogP contribution >= 0.6 is 18.6 Å². The third-order valence-corrected chi connectivity index (χ3v) is 4.20. The number of nitrogens with zero attached hydrogens (tertiary/aromatic N) is 2. The molecule has 0 spiro atoms. The van der Waals surface area contributed by atoms with E-state index in [0.29, 0.717) is 0 Å². The summed E-state index contributed by atoms with van der Waals surface area (Å²) in [5, 5.41) is 4.52. The fraction of sp³-hybridized carbons (Fsp3) is 0.400. The van der Waals surface area contributed by atoms with Gasteiger partial charge in [0.2, 0.25) is 0 Å². The van der Waals surface area contributed by atoms with Crippen LogP contribution in [-0.4, -0.2) is 32.1 Å². The van der Waals surface area contributed by atoms with Crippen LogP contribution in [-0.2, 0) is 26.5 Å². The zero-order chi connectivity index (χ0) is 23.3. The van der Waals surface area contributed by atoms with Crippen molar-refractivity contribution in [1.29, 1.82) is 0 Å². The number of hydrogen-bond acceptors (Lipinski definition) is 3. The molecular formula is C25H33Cl2N2O2Ti-. The van der Waals surface area contributed by atoms with Gasteiger partial charge in [-0.15, -0.1) is 5.69 Å². The van der Waals surface area contributed by atoms with E-state index in [9.17, 15) is 0 Å². The van der Waals surface area contributed by atoms with E-state index < -0.39 is 17.0 Å². The second-order valence-electron chi connectivity index (χ2n) is 7.03. The van der Waals surface area contributed by atoms with Gasteiger partial charge in [0.15, 0.2) is 0 Å². The van der Waals surface area contributed by atoms with Gasteiger partial charge in [-0.3, -0.25) is 4.99 Å². The Morgan fingerprint density at radius 2 is 1.25 bits per heavy atom. The monoisotopic (exact) mass is 511 g/mol. The summed E-state index contributed by atoms with van der Waals surface area (Å²) in [5.41, 5.74) is 3.82. The van der Waals surface area contributed by atoms with Crippen LogP contribution in [0.25, 0.3) is 5.32 Å². The van der Waals surface area contributed by atoms with Crippen molar-refractivity contribution in [3.8, 4) is 0 Å². The molecule has 174 valence electrons. The van der Waals surface area contributed by atoms with Crippen LogP contribution in [0, 0.1) is 0 Å². The summed E-state index contributed by atoms with van der Waals surface area (Å²) in [7, 11) is 9.78. The number of ether oxygens (including phenoxy) is 2. The van der Waals surface area contributed by atoms with Crippen molar-refractivity contribution in [2.75, 3.05) is 26.4 Å². The molecule has 0 aromatic heterocycles. The molecule has 0 bridgehead atoms. The minimum absolute atomic E-state index is 0.556. The summed E-state index contributed by atoms with van der Waals surface area (Å²) in [5.74, 6) is 0. The quantitative estimate of drug-likeness (QED) is 0.305. The number of halogens is 2. The molecule has 0 atom stereocenters. The van der Waals surface area contributed by atoms with Gasteiger partial charge in [-0.1, -0.05) is 61.5 Å². The van der Waals surface area contributed by atoms with E-state index in [-0.39, 0.29) is 0 Å². The van der Waals surface area contributed by atoms with Crippen LogP contribution in [0.15, 0.2) is 77.4 Å². The molecule has 2 heterocycles. The van der Waals surface area contributed by atoms with Crippen LogP contribution in [0.4, 0.5) is 11.4 Å². The Labute approximate surface area is 210 Å². The van der Waals surface area contributed by atoms with E-state index in [2.05, 4.69) is 10.3 Å². The Kier molecular flexibility index (Phi) is 18.5. The maximum atomic E-state index is 4.94. The third-order valence-electron chi connectivity index (χ3n) is 4.20. The molecule has 0 N–H and O–H groups in total. The first-order chi connectivity index (χ1) is 15.7.